The number of hydrogen-bond donors (Lipinski definition) is 1. The maximum Gasteiger partial charge on any atom is 0.203 e. The molecule has 1 N–H and O–H groups in total. The molecule has 1 unspecified atom stereocenters. The molecule has 0 radical (unpaired) electrons. The van der Waals surface area contributed by atoms with Crippen molar-refractivity contribution >= 4 is 5.95 Å². The minimum Gasteiger partial charge on any atom is -0.383 e. The summed E-state index contributed by atoms with van der Waals surface area (Å²) < 4.78 is 7.29. The summed E-state index contributed by atoms with van der Waals surface area (Å²) in [4.78, 5) is 7.10. The van der Waals surface area contributed by atoms with E-state index in [1.807, 2.05) is 6.92 Å². The molecule has 1 aliphatic heterocycles. The number of likely N-dealkylation sites (tertiary alicyclic amines) is 1. The first-order valence-electron chi connectivity index (χ1n) is 7.21. The van der Waals surface area contributed by atoms with Gasteiger partial charge in [0, 0.05) is 32.4 Å². The number of hydrogen-bond acceptors (Lipinski definition) is 4. The quantitative estimate of drug-likeness (QED) is 0.763. The Hall–Kier alpha value is -1.07. The molecule has 0 amide bonds. The van der Waals surface area contributed by atoms with E-state index in [2.05, 4.69) is 32.9 Å². The van der Waals surface area contributed by atoms with Crippen LogP contribution in [0, 0.1) is 6.92 Å². The van der Waals surface area contributed by atoms with Crippen LogP contribution < -0.4 is 5.32 Å². The molecule has 5 nitrogen and oxygen atoms in total. The van der Waals surface area contributed by atoms with E-state index in [1.54, 1.807) is 7.11 Å². The van der Waals surface area contributed by atoms with Gasteiger partial charge >= 0.3 is 0 Å². The van der Waals surface area contributed by atoms with E-state index < -0.39 is 0 Å². The molecule has 1 atom stereocenters. The van der Waals surface area contributed by atoms with E-state index in [0.29, 0.717) is 12.6 Å². The van der Waals surface area contributed by atoms with Crippen molar-refractivity contribution in [3.63, 3.8) is 0 Å². The molecule has 1 saturated heterocycles. The molecule has 2 heterocycles. The van der Waals surface area contributed by atoms with Gasteiger partial charge in [-0.15, -0.1) is 0 Å². The van der Waals surface area contributed by atoms with Crippen molar-refractivity contribution in [2.24, 2.45) is 0 Å². The maximum atomic E-state index is 5.06. The smallest absolute Gasteiger partial charge is 0.203 e. The molecule has 0 bridgehead atoms. The van der Waals surface area contributed by atoms with Crippen LogP contribution in [-0.4, -0.2) is 53.8 Å². The first-order valence-corrected chi connectivity index (χ1v) is 7.21. The second kappa shape index (κ2) is 6.91. The lowest BCUT2D eigenvalue weighted by atomic mass is 10.3. The van der Waals surface area contributed by atoms with Crippen molar-refractivity contribution in [2.75, 3.05) is 38.7 Å². The minimum atomic E-state index is 0.569. The lowest BCUT2D eigenvalue weighted by Crippen LogP contribution is -2.33. The molecule has 0 aromatic carbocycles. The van der Waals surface area contributed by atoms with Crippen LogP contribution in [0.1, 0.15) is 25.5 Å². The monoisotopic (exact) mass is 266 g/mol. The third-order valence-electron chi connectivity index (χ3n) is 3.71. The summed E-state index contributed by atoms with van der Waals surface area (Å²) in [6.07, 6.45) is 4.81. The van der Waals surface area contributed by atoms with Crippen LogP contribution in [0.3, 0.4) is 0 Å². The van der Waals surface area contributed by atoms with E-state index in [0.717, 1.165) is 24.7 Å². The van der Waals surface area contributed by atoms with Gasteiger partial charge in [-0.05, 0) is 39.8 Å². The Labute approximate surface area is 116 Å². The van der Waals surface area contributed by atoms with Gasteiger partial charge in [0.2, 0.25) is 5.95 Å². The van der Waals surface area contributed by atoms with Gasteiger partial charge in [0.25, 0.3) is 0 Å². The molecule has 19 heavy (non-hydrogen) atoms. The van der Waals surface area contributed by atoms with Crippen LogP contribution in [0.5, 0.6) is 0 Å². The van der Waals surface area contributed by atoms with Crippen LogP contribution in [0.15, 0.2) is 6.20 Å². The van der Waals surface area contributed by atoms with Crippen molar-refractivity contribution in [1.29, 1.82) is 0 Å². The average Bonchev–Trinajstić information content (AvgIpc) is 3.00. The highest BCUT2D eigenvalue weighted by atomic mass is 16.5. The fourth-order valence-corrected chi connectivity index (χ4v) is 2.67. The van der Waals surface area contributed by atoms with E-state index in [-0.39, 0.29) is 0 Å². The molecule has 1 fully saturated rings. The number of rotatable bonds is 7. The molecule has 1 aromatic heterocycles. The second-order valence-electron chi connectivity index (χ2n) is 5.37. The summed E-state index contributed by atoms with van der Waals surface area (Å²) in [6.45, 7) is 9.31. The zero-order valence-electron chi connectivity index (χ0n) is 12.4. The molecule has 0 aliphatic carbocycles. The molecule has 2 rings (SSSR count). The number of aromatic nitrogens is 2. The maximum absolute atomic E-state index is 5.06. The van der Waals surface area contributed by atoms with Crippen molar-refractivity contribution < 1.29 is 4.74 Å². The number of ether oxygens (including phenoxy) is 1. The van der Waals surface area contributed by atoms with Crippen molar-refractivity contribution in [3.05, 3.63) is 11.9 Å². The van der Waals surface area contributed by atoms with Crippen LogP contribution in [0.25, 0.3) is 0 Å². The number of imidazole rings is 1. The van der Waals surface area contributed by atoms with Gasteiger partial charge in [0.15, 0.2) is 0 Å². The summed E-state index contributed by atoms with van der Waals surface area (Å²) >= 11 is 0. The van der Waals surface area contributed by atoms with Crippen LogP contribution in [-0.2, 0) is 11.3 Å². The Balaban J connectivity index is 1.94. The Bertz CT molecular complexity index is 385. The van der Waals surface area contributed by atoms with Crippen LogP contribution >= 0.6 is 0 Å². The number of anilines is 1. The van der Waals surface area contributed by atoms with Gasteiger partial charge in [0.1, 0.15) is 0 Å². The van der Waals surface area contributed by atoms with Gasteiger partial charge in [-0.1, -0.05) is 0 Å². The average molecular weight is 266 g/mol. The number of aryl methyl sites for hydroxylation is 1. The molecular formula is C14H26N4O. The Morgan fingerprint density at radius 2 is 2.16 bits per heavy atom. The number of nitrogens with one attached hydrogen (secondary N) is 1. The van der Waals surface area contributed by atoms with Gasteiger partial charge < -0.3 is 14.6 Å². The largest absolute Gasteiger partial charge is 0.383 e. The van der Waals surface area contributed by atoms with Gasteiger partial charge in [-0.2, -0.15) is 0 Å². The van der Waals surface area contributed by atoms with Crippen LogP contribution in [0.2, 0.25) is 0 Å². The lowest BCUT2D eigenvalue weighted by Gasteiger charge is -2.24. The highest BCUT2D eigenvalue weighted by molar-refractivity contribution is 5.28. The minimum absolute atomic E-state index is 0.569. The van der Waals surface area contributed by atoms with Crippen molar-refractivity contribution in [1.82, 2.24) is 14.5 Å². The fourth-order valence-electron chi connectivity index (χ4n) is 2.67. The standard InChI is InChI=1S/C14H26N4O/c1-12-10-18(14(16-12)15-6-9-19-3)11-13(2)17-7-4-5-8-17/h10,13H,4-9,11H2,1-3H3,(H,15,16). The predicted octanol–water partition coefficient (Wildman–Crippen LogP) is 1.73. The summed E-state index contributed by atoms with van der Waals surface area (Å²) in [6, 6.07) is 0.569. The van der Waals surface area contributed by atoms with E-state index in [9.17, 15) is 0 Å². The zero-order chi connectivity index (χ0) is 13.7. The second-order valence-corrected chi connectivity index (χ2v) is 5.37. The highest BCUT2D eigenvalue weighted by Crippen LogP contribution is 2.15. The van der Waals surface area contributed by atoms with Crippen molar-refractivity contribution in [2.45, 2.75) is 39.3 Å². The molecule has 5 heteroatoms. The zero-order valence-corrected chi connectivity index (χ0v) is 12.4. The molecular weight excluding hydrogens is 240 g/mol. The van der Waals surface area contributed by atoms with Gasteiger partial charge in [-0.25, -0.2) is 4.98 Å². The summed E-state index contributed by atoms with van der Waals surface area (Å²) in [7, 11) is 1.72. The van der Waals surface area contributed by atoms with E-state index >= 15 is 0 Å². The normalized spacial score (nSPS) is 17.8. The van der Waals surface area contributed by atoms with Gasteiger partial charge in [-0.3, -0.25) is 4.90 Å². The first-order chi connectivity index (χ1) is 9.20. The molecule has 0 saturated carbocycles. The Morgan fingerprint density at radius 3 is 2.84 bits per heavy atom. The summed E-state index contributed by atoms with van der Waals surface area (Å²) in [5, 5.41) is 3.34. The van der Waals surface area contributed by atoms with Gasteiger partial charge in [0.05, 0.1) is 12.3 Å². The Morgan fingerprint density at radius 1 is 1.42 bits per heavy atom. The first kappa shape index (κ1) is 14.3. The number of methoxy groups -OCH3 is 1. The summed E-state index contributed by atoms with van der Waals surface area (Å²) in [5.41, 5.74) is 1.06. The molecule has 1 aromatic rings. The third-order valence-corrected chi connectivity index (χ3v) is 3.71. The Kier molecular flexibility index (Phi) is 5.22. The van der Waals surface area contributed by atoms with Crippen molar-refractivity contribution in [3.8, 4) is 0 Å². The molecule has 0 spiro atoms. The van der Waals surface area contributed by atoms with E-state index in [1.165, 1.54) is 25.9 Å². The lowest BCUT2D eigenvalue weighted by molar-refractivity contribution is 0.210. The summed E-state index contributed by atoms with van der Waals surface area (Å²) in [5.74, 6) is 0.959. The fraction of sp³-hybridized carbons (Fsp3) is 0.786. The van der Waals surface area contributed by atoms with Crippen LogP contribution in [0.4, 0.5) is 5.95 Å². The molecule has 108 valence electrons. The predicted molar refractivity (Wildman–Crippen MR) is 77.6 cm³/mol. The SMILES string of the molecule is COCCNc1nc(C)cn1CC(C)N1CCCC1. The number of nitrogens with zero attached hydrogens (tertiary/aromatic N) is 3. The molecule has 1 aliphatic rings. The topological polar surface area (TPSA) is 42.3 Å². The van der Waals surface area contributed by atoms with E-state index in [4.69, 9.17) is 4.74 Å². The highest BCUT2D eigenvalue weighted by Gasteiger charge is 2.19. The third kappa shape index (κ3) is 3.94.